The van der Waals surface area contributed by atoms with Gasteiger partial charge in [-0.15, -0.1) is 0 Å². The number of benzene rings is 2. The van der Waals surface area contributed by atoms with E-state index in [1.807, 2.05) is 68.4 Å². The van der Waals surface area contributed by atoms with E-state index in [-0.39, 0.29) is 5.78 Å². The molecule has 3 rings (SSSR count). The van der Waals surface area contributed by atoms with Gasteiger partial charge >= 0.3 is 0 Å². The second kappa shape index (κ2) is 5.38. The van der Waals surface area contributed by atoms with Crippen molar-refractivity contribution in [2.24, 2.45) is 5.41 Å². The van der Waals surface area contributed by atoms with Crippen molar-refractivity contribution in [2.45, 2.75) is 33.1 Å². The smallest absolute Gasteiger partial charge is 0.169 e. The van der Waals surface area contributed by atoms with E-state index in [0.29, 0.717) is 0 Å². The van der Waals surface area contributed by atoms with Gasteiger partial charge in [0.05, 0.1) is 0 Å². The van der Waals surface area contributed by atoms with Crippen LogP contribution in [-0.4, -0.2) is 5.78 Å². The van der Waals surface area contributed by atoms with E-state index in [9.17, 15) is 4.79 Å². The van der Waals surface area contributed by atoms with Crippen LogP contribution in [0.2, 0.25) is 0 Å². The third-order valence-electron chi connectivity index (χ3n) is 5.21. The van der Waals surface area contributed by atoms with Crippen molar-refractivity contribution >= 4 is 16.8 Å². The Balaban J connectivity index is 2.04. The average molecular weight is 306 g/mol. The van der Waals surface area contributed by atoms with Gasteiger partial charge in [-0.2, -0.15) is 0 Å². The minimum Gasteiger partial charge on any atom is -0.460 e. The molecule has 0 saturated carbocycles. The highest BCUT2D eigenvalue weighted by atomic mass is 16.3. The minimum atomic E-state index is -0.595. The van der Waals surface area contributed by atoms with E-state index in [0.717, 1.165) is 22.3 Å². The number of para-hydroxylation sites is 1. The summed E-state index contributed by atoms with van der Waals surface area (Å²) in [5, 5.41) is 1.07. The lowest BCUT2D eigenvalue weighted by molar-refractivity contribution is 0.0697. The highest BCUT2D eigenvalue weighted by Crippen LogP contribution is 2.45. The summed E-state index contributed by atoms with van der Waals surface area (Å²) in [6, 6.07) is 19.5. The molecular weight excluding hydrogens is 284 g/mol. The lowest BCUT2D eigenvalue weighted by Crippen LogP contribution is -2.42. The topological polar surface area (TPSA) is 30.2 Å². The van der Waals surface area contributed by atoms with E-state index in [1.165, 1.54) is 0 Å². The number of ketones is 1. The molecule has 0 unspecified atom stereocenters. The molecule has 0 bridgehead atoms. The number of Topliss-reactive ketones (excluding diaryl/α,β-unsaturated/α-hetero) is 1. The third kappa shape index (κ3) is 2.48. The first-order valence-electron chi connectivity index (χ1n) is 7.93. The average Bonchev–Trinajstić information content (AvgIpc) is 2.99. The molecule has 0 amide bonds. The number of fused-ring (bicyclic) bond motifs is 1. The van der Waals surface area contributed by atoms with Crippen LogP contribution in [0.15, 0.2) is 65.1 Å². The Kier molecular flexibility index (Phi) is 3.63. The number of furan rings is 1. The fourth-order valence-corrected chi connectivity index (χ4v) is 2.83. The Bertz CT molecular complexity index is 805. The Morgan fingerprint density at radius 2 is 1.48 bits per heavy atom. The van der Waals surface area contributed by atoms with Crippen LogP contribution in [0.4, 0.5) is 0 Å². The SMILES string of the molecule is CC(C)(C(=O)c1ccccc1)C(C)(C)c1cc2ccccc2o1. The molecule has 0 aliphatic heterocycles. The van der Waals surface area contributed by atoms with Crippen molar-refractivity contribution in [1.29, 1.82) is 0 Å². The van der Waals surface area contributed by atoms with Crippen molar-refractivity contribution < 1.29 is 9.21 Å². The van der Waals surface area contributed by atoms with E-state index in [2.05, 4.69) is 19.9 Å². The fourth-order valence-electron chi connectivity index (χ4n) is 2.83. The van der Waals surface area contributed by atoms with Gasteiger partial charge in [-0.3, -0.25) is 4.79 Å². The Morgan fingerprint density at radius 3 is 2.13 bits per heavy atom. The second-order valence-corrected chi connectivity index (χ2v) is 7.09. The van der Waals surface area contributed by atoms with Crippen LogP contribution in [0.5, 0.6) is 0 Å². The summed E-state index contributed by atoms with van der Waals surface area (Å²) >= 11 is 0. The first kappa shape index (κ1) is 15.5. The van der Waals surface area contributed by atoms with Gasteiger partial charge < -0.3 is 4.42 Å². The summed E-state index contributed by atoms with van der Waals surface area (Å²) in [5.41, 5.74) is 0.571. The Morgan fingerprint density at radius 1 is 0.870 bits per heavy atom. The van der Waals surface area contributed by atoms with Gasteiger partial charge in [0.2, 0.25) is 0 Å². The lowest BCUT2D eigenvalue weighted by Gasteiger charge is -2.38. The van der Waals surface area contributed by atoms with Crippen LogP contribution in [-0.2, 0) is 5.41 Å². The Labute approximate surface area is 137 Å². The molecule has 0 radical (unpaired) electrons. The second-order valence-electron chi connectivity index (χ2n) is 7.09. The first-order valence-corrected chi connectivity index (χ1v) is 7.93. The quantitative estimate of drug-likeness (QED) is 0.586. The zero-order valence-electron chi connectivity index (χ0n) is 14.1. The van der Waals surface area contributed by atoms with Crippen molar-refractivity contribution in [3.8, 4) is 0 Å². The molecule has 2 nitrogen and oxygen atoms in total. The molecule has 23 heavy (non-hydrogen) atoms. The number of hydrogen-bond donors (Lipinski definition) is 0. The highest BCUT2D eigenvalue weighted by molar-refractivity contribution is 6.01. The molecule has 0 N–H and O–H groups in total. The van der Waals surface area contributed by atoms with E-state index >= 15 is 0 Å². The molecule has 118 valence electrons. The largest absolute Gasteiger partial charge is 0.460 e. The van der Waals surface area contributed by atoms with E-state index < -0.39 is 10.8 Å². The molecular formula is C21H22O2. The summed E-state index contributed by atoms with van der Waals surface area (Å²) in [5.74, 6) is 0.969. The highest BCUT2D eigenvalue weighted by Gasteiger charge is 2.46. The van der Waals surface area contributed by atoms with Crippen LogP contribution in [0.3, 0.4) is 0 Å². The first-order chi connectivity index (χ1) is 10.8. The number of carbonyl (C=O) groups is 1. The van der Waals surface area contributed by atoms with Crippen molar-refractivity contribution in [1.82, 2.24) is 0 Å². The minimum absolute atomic E-state index is 0.128. The van der Waals surface area contributed by atoms with Crippen LogP contribution < -0.4 is 0 Å². The Hall–Kier alpha value is -2.35. The number of rotatable bonds is 4. The molecule has 3 aromatic rings. The maximum Gasteiger partial charge on any atom is 0.169 e. The van der Waals surface area contributed by atoms with Crippen molar-refractivity contribution in [2.75, 3.05) is 0 Å². The van der Waals surface area contributed by atoms with Gasteiger partial charge in [0.25, 0.3) is 0 Å². The summed E-state index contributed by atoms with van der Waals surface area (Å²) in [6.45, 7) is 8.14. The summed E-state index contributed by atoms with van der Waals surface area (Å²) < 4.78 is 6.05. The van der Waals surface area contributed by atoms with Gasteiger partial charge in [-0.25, -0.2) is 0 Å². The third-order valence-corrected chi connectivity index (χ3v) is 5.21. The molecule has 0 atom stereocenters. The van der Waals surface area contributed by atoms with Gasteiger partial charge in [0, 0.05) is 21.8 Å². The molecule has 1 heterocycles. The van der Waals surface area contributed by atoms with Crippen LogP contribution in [0.1, 0.15) is 43.8 Å². The zero-order chi connectivity index (χ0) is 16.7. The molecule has 0 spiro atoms. The van der Waals surface area contributed by atoms with Crippen molar-refractivity contribution in [3.63, 3.8) is 0 Å². The van der Waals surface area contributed by atoms with Crippen LogP contribution in [0, 0.1) is 5.41 Å². The summed E-state index contributed by atoms with van der Waals surface area (Å²) in [6.07, 6.45) is 0. The van der Waals surface area contributed by atoms with E-state index in [1.54, 1.807) is 0 Å². The molecule has 0 aliphatic carbocycles. The van der Waals surface area contributed by atoms with Gasteiger partial charge in [-0.1, -0.05) is 76.2 Å². The molecule has 0 fully saturated rings. The van der Waals surface area contributed by atoms with Crippen LogP contribution >= 0.6 is 0 Å². The summed E-state index contributed by atoms with van der Waals surface area (Å²) in [7, 11) is 0. The molecule has 0 saturated heterocycles. The zero-order valence-corrected chi connectivity index (χ0v) is 14.1. The molecule has 2 heteroatoms. The van der Waals surface area contributed by atoms with Gasteiger partial charge in [0.15, 0.2) is 5.78 Å². The number of carbonyl (C=O) groups excluding carboxylic acids is 1. The fraction of sp³-hybridized carbons (Fsp3) is 0.286. The lowest BCUT2D eigenvalue weighted by atomic mass is 9.63. The normalized spacial score (nSPS) is 12.5. The summed E-state index contributed by atoms with van der Waals surface area (Å²) in [4.78, 5) is 13.1. The predicted molar refractivity (Wildman–Crippen MR) is 93.8 cm³/mol. The van der Waals surface area contributed by atoms with Gasteiger partial charge in [-0.05, 0) is 12.1 Å². The van der Waals surface area contributed by atoms with Crippen molar-refractivity contribution in [3.05, 3.63) is 72.0 Å². The van der Waals surface area contributed by atoms with Gasteiger partial charge in [0.1, 0.15) is 11.3 Å². The van der Waals surface area contributed by atoms with E-state index in [4.69, 9.17) is 4.42 Å². The number of hydrogen-bond acceptors (Lipinski definition) is 2. The maximum absolute atomic E-state index is 13.1. The molecule has 2 aromatic carbocycles. The molecule has 1 aromatic heterocycles. The monoisotopic (exact) mass is 306 g/mol. The predicted octanol–water partition coefficient (Wildman–Crippen LogP) is 5.62. The van der Waals surface area contributed by atoms with Crippen LogP contribution in [0.25, 0.3) is 11.0 Å². The standard InChI is InChI=1S/C21H22O2/c1-20(2,18-14-16-12-8-9-13-17(16)23-18)21(3,4)19(22)15-10-6-5-7-11-15/h5-14H,1-4H3. The maximum atomic E-state index is 13.1. The molecule has 0 aliphatic rings.